The van der Waals surface area contributed by atoms with Gasteiger partial charge in [0.1, 0.15) is 6.61 Å². The van der Waals surface area contributed by atoms with Gasteiger partial charge in [0.05, 0.1) is 5.56 Å². The lowest BCUT2D eigenvalue weighted by atomic mass is 10.1. The van der Waals surface area contributed by atoms with Crippen molar-refractivity contribution in [2.45, 2.75) is 6.42 Å². The van der Waals surface area contributed by atoms with Gasteiger partial charge in [0, 0.05) is 24.4 Å². The Morgan fingerprint density at radius 3 is 3.00 bits per heavy atom. The molecule has 0 aromatic heterocycles. The van der Waals surface area contributed by atoms with E-state index < -0.39 is 0 Å². The summed E-state index contributed by atoms with van der Waals surface area (Å²) in [5.41, 5.74) is 1.33. The van der Waals surface area contributed by atoms with Crippen molar-refractivity contribution in [3.8, 4) is 11.8 Å². The Morgan fingerprint density at radius 1 is 1.32 bits per heavy atom. The predicted octanol–water partition coefficient (Wildman–Crippen LogP) is 1.61. The van der Waals surface area contributed by atoms with E-state index in [1.807, 2.05) is 40.9 Å². The van der Waals surface area contributed by atoms with Crippen molar-refractivity contribution in [3.63, 3.8) is 0 Å². The Labute approximate surface area is 118 Å². The third kappa shape index (κ3) is 3.76. The summed E-state index contributed by atoms with van der Waals surface area (Å²) in [6.45, 7) is 1.42. The maximum atomic E-state index is 12.5. The third-order valence-electron chi connectivity index (χ3n) is 2.97. The fourth-order valence-electron chi connectivity index (χ4n) is 2.03. The van der Waals surface area contributed by atoms with Crippen LogP contribution in [0.15, 0.2) is 24.3 Å². The molecule has 1 amide bonds. The van der Waals surface area contributed by atoms with Crippen LogP contribution in [0, 0.1) is 11.8 Å². The zero-order valence-corrected chi connectivity index (χ0v) is 11.6. The second kappa shape index (κ2) is 7.22. The number of thioether (sulfide) groups is 1. The molecular formula is C15H17NO2S. The predicted molar refractivity (Wildman–Crippen MR) is 78.3 cm³/mol. The molecule has 1 aliphatic heterocycles. The lowest BCUT2D eigenvalue weighted by Crippen LogP contribution is -2.33. The van der Waals surface area contributed by atoms with Crippen molar-refractivity contribution in [2.75, 3.05) is 31.2 Å². The monoisotopic (exact) mass is 275 g/mol. The molecular weight excluding hydrogens is 258 g/mol. The molecule has 0 saturated carbocycles. The SMILES string of the molecule is O=C(c1ccccc1C#CCO)N1CCCSCC1. The van der Waals surface area contributed by atoms with Crippen LogP contribution in [-0.4, -0.2) is 47.1 Å². The number of rotatable bonds is 1. The molecule has 3 nitrogen and oxygen atoms in total. The summed E-state index contributed by atoms with van der Waals surface area (Å²) in [5, 5.41) is 8.77. The summed E-state index contributed by atoms with van der Waals surface area (Å²) >= 11 is 1.90. The molecule has 1 aromatic carbocycles. The van der Waals surface area contributed by atoms with E-state index in [-0.39, 0.29) is 12.5 Å². The van der Waals surface area contributed by atoms with Crippen LogP contribution in [0.3, 0.4) is 0 Å². The van der Waals surface area contributed by atoms with Crippen LogP contribution in [0.25, 0.3) is 0 Å². The highest BCUT2D eigenvalue weighted by atomic mass is 32.2. The summed E-state index contributed by atoms with van der Waals surface area (Å²) in [6.07, 6.45) is 1.04. The minimum atomic E-state index is -0.192. The van der Waals surface area contributed by atoms with Gasteiger partial charge in [0.25, 0.3) is 5.91 Å². The summed E-state index contributed by atoms with van der Waals surface area (Å²) in [7, 11) is 0. The Morgan fingerprint density at radius 2 is 2.16 bits per heavy atom. The van der Waals surface area contributed by atoms with E-state index in [2.05, 4.69) is 11.8 Å². The number of aliphatic hydroxyl groups excluding tert-OH is 1. The molecule has 1 aromatic rings. The van der Waals surface area contributed by atoms with Gasteiger partial charge >= 0.3 is 0 Å². The number of aliphatic hydroxyl groups is 1. The fraction of sp³-hybridized carbons (Fsp3) is 0.400. The quantitative estimate of drug-likeness (QED) is 0.792. The summed E-state index contributed by atoms with van der Waals surface area (Å²) < 4.78 is 0. The molecule has 0 spiro atoms. The van der Waals surface area contributed by atoms with E-state index in [1.54, 1.807) is 0 Å². The Kier molecular flexibility index (Phi) is 5.31. The highest BCUT2D eigenvalue weighted by molar-refractivity contribution is 7.99. The number of nitrogens with zero attached hydrogens (tertiary/aromatic N) is 1. The van der Waals surface area contributed by atoms with Gasteiger partial charge in [-0.25, -0.2) is 0 Å². The second-order valence-electron chi connectivity index (χ2n) is 4.26. The average Bonchev–Trinajstić information content (AvgIpc) is 2.73. The molecule has 100 valence electrons. The molecule has 1 fully saturated rings. The van der Waals surface area contributed by atoms with Crippen molar-refractivity contribution >= 4 is 17.7 Å². The van der Waals surface area contributed by atoms with E-state index in [0.29, 0.717) is 11.1 Å². The fourth-order valence-corrected chi connectivity index (χ4v) is 2.92. The van der Waals surface area contributed by atoms with Crippen LogP contribution in [0.2, 0.25) is 0 Å². The van der Waals surface area contributed by atoms with Crippen LogP contribution in [0.5, 0.6) is 0 Å². The van der Waals surface area contributed by atoms with Gasteiger partial charge in [-0.1, -0.05) is 24.0 Å². The van der Waals surface area contributed by atoms with Gasteiger partial charge in [0.15, 0.2) is 0 Å². The molecule has 0 bridgehead atoms. The smallest absolute Gasteiger partial charge is 0.255 e. The number of benzene rings is 1. The van der Waals surface area contributed by atoms with Crippen molar-refractivity contribution < 1.29 is 9.90 Å². The van der Waals surface area contributed by atoms with Crippen molar-refractivity contribution in [1.29, 1.82) is 0 Å². The van der Waals surface area contributed by atoms with E-state index in [1.165, 1.54) is 0 Å². The number of hydrogen-bond acceptors (Lipinski definition) is 3. The first-order valence-electron chi connectivity index (χ1n) is 6.38. The number of hydrogen-bond donors (Lipinski definition) is 1. The lowest BCUT2D eigenvalue weighted by molar-refractivity contribution is 0.0768. The maximum Gasteiger partial charge on any atom is 0.255 e. The van der Waals surface area contributed by atoms with Gasteiger partial charge in [0.2, 0.25) is 0 Å². The molecule has 0 unspecified atom stereocenters. The molecule has 2 rings (SSSR count). The van der Waals surface area contributed by atoms with Gasteiger partial charge < -0.3 is 10.0 Å². The third-order valence-corrected chi connectivity index (χ3v) is 4.02. The van der Waals surface area contributed by atoms with E-state index in [0.717, 1.165) is 31.0 Å². The van der Waals surface area contributed by atoms with E-state index in [9.17, 15) is 4.79 Å². The standard InChI is InChI=1S/C15H17NO2S/c17-10-3-6-13-5-1-2-7-14(13)15(18)16-8-4-11-19-12-9-16/h1-2,5,7,17H,4,8-12H2. The molecule has 19 heavy (non-hydrogen) atoms. The van der Waals surface area contributed by atoms with Gasteiger partial charge in [-0.05, 0) is 24.3 Å². The highest BCUT2D eigenvalue weighted by Gasteiger charge is 2.19. The van der Waals surface area contributed by atoms with E-state index >= 15 is 0 Å². The van der Waals surface area contributed by atoms with Crippen molar-refractivity contribution in [2.24, 2.45) is 0 Å². The minimum Gasteiger partial charge on any atom is -0.384 e. The van der Waals surface area contributed by atoms with Crippen molar-refractivity contribution in [1.82, 2.24) is 4.90 Å². The largest absolute Gasteiger partial charge is 0.384 e. The van der Waals surface area contributed by atoms with Crippen LogP contribution < -0.4 is 0 Å². The van der Waals surface area contributed by atoms with Gasteiger partial charge in [-0.3, -0.25) is 4.79 Å². The molecule has 4 heteroatoms. The lowest BCUT2D eigenvalue weighted by Gasteiger charge is -2.20. The first kappa shape index (κ1) is 14.0. The van der Waals surface area contributed by atoms with Crippen molar-refractivity contribution in [3.05, 3.63) is 35.4 Å². The average molecular weight is 275 g/mol. The van der Waals surface area contributed by atoms with Crippen LogP contribution in [-0.2, 0) is 0 Å². The minimum absolute atomic E-state index is 0.0466. The second-order valence-corrected chi connectivity index (χ2v) is 5.49. The number of carbonyl (C=O) groups is 1. The first-order valence-corrected chi connectivity index (χ1v) is 7.54. The summed E-state index contributed by atoms with van der Waals surface area (Å²) in [5.74, 6) is 7.62. The van der Waals surface area contributed by atoms with Crippen LogP contribution >= 0.6 is 11.8 Å². The van der Waals surface area contributed by atoms with Crippen LogP contribution in [0.1, 0.15) is 22.3 Å². The molecule has 1 heterocycles. The zero-order valence-electron chi connectivity index (χ0n) is 10.8. The number of amides is 1. The molecule has 0 aliphatic carbocycles. The van der Waals surface area contributed by atoms with Gasteiger partial charge in [-0.2, -0.15) is 11.8 Å². The molecule has 1 aliphatic rings. The van der Waals surface area contributed by atoms with Gasteiger partial charge in [-0.15, -0.1) is 0 Å². The first-order chi connectivity index (χ1) is 9.33. The normalized spacial score (nSPS) is 15.3. The molecule has 1 saturated heterocycles. The number of carbonyl (C=O) groups excluding carboxylic acids is 1. The Hall–Kier alpha value is -1.44. The molecule has 0 radical (unpaired) electrons. The highest BCUT2D eigenvalue weighted by Crippen LogP contribution is 2.15. The van der Waals surface area contributed by atoms with Crippen LogP contribution in [0.4, 0.5) is 0 Å². The Balaban J connectivity index is 2.22. The van der Waals surface area contributed by atoms with E-state index in [4.69, 9.17) is 5.11 Å². The topological polar surface area (TPSA) is 40.5 Å². The summed E-state index contributed by atoms with van der Waals surface area (Å²) in [6, 6.07) is 7.34. The molecule has 1 N–H and O–H groups in total. The zero-order chi connectivity index (χ0) is 13.5. The summed E-state index contributed by atoms with van der Waals surface area (Å²) in [4.78, 5) is 14.4. The maximum absolute atomic E-state index is 12.5. The Bertz CT molecular complexity index is 496. The molecule has 0 atom stereocenters.